The van der Waals surface area contributed by atoms with Crippen LogP contribution in [0.4, 0.5) is 4.79 Å². The van der Waals surface area contributed by atoms with Crippen LogP contribution in [0.2, 0.25) is 0 Å². The number of rotatable bonds is 6. The van der Waals surface area contributed by atoms with Gasteiger partial charge in [-0.25, -0.2) is 4.79 Å². The molecule has 1 saturated heterocycles. The number of urea groups is 1. The SMILES string of the molecule is COC(C)(C)CNC(=O)N[C@H](c1nc(C)no1)C1CCOCC1. The van der Waals surface area contributed by atoms with Crippen molar-refractivity contribution >= 4 is 6.03 Å². The molecule has 1 aliphatic rings. The fourth-order valence-electron chi connectivity index (χ4n) is 2.43. The van der Waals surface area contributed by atoms with Crippen molar-refractivity contribution in [2.45, 2.75) is 45.3 Å². The van der Waals surface area contributed by atoms with E-state index in [-0.39, 0.29) is 18.0 Å². The Labute approximate surface area is 136 Å². The number of carbonyl (C=O) groups is 1. The molecule has 0 spiro atoms. The molecule has 1 fully saturated rings. The molecule has 1 atom stereocenters. The van der Waals surface area contributed by atoms with E-state index in [1.807, 2.05) is 13.8 Å². The molecule has 1 aliphatic heterocycles. The third kappa shape index (κ3) is 5.18. The van der Waals surface area contributed by atoms with Gasteiger partial charge in [-0.15, -0.1) is 0 Å². The molecule has 23 heavy (non-hydrogen) atoms. The van der Waals surface area contributed by atoms with Crippen LogP contribution in [-0.4, -0.2) is 48.6 Å². The molecule has 0 unspecified atom stereocenters. The number of aromatic nitrogens is 2. The molecule has 2 amide bonds. The van der Waals surface area contributed by atoms with Crippen LogP contribution in [0.3, 0.4) is 0 Å². The van der Waals surface area contributed by atoms with E-state index in [0.29, 0.717) is 31.5 Å². The van der Waals surface area contributed by atoms with Gasteiger partial charge in [0, 0.05) is 26.9 Å². The maximum absolute atomic E-state index is 12.2. The number of aryl methyl sites for hydroxylation is 1. The van der Waals surface area contributed by atoms with Crippen molar-refractivity contribution in [3.63, 3.8) is 0 Å². The Morgan fingerprint density at radius 2 is 2.13 bits per heavy atom. The fraction of sp³-hybridized carbons (Fsp3) is 0.800. The summed E-state index contributed by atoms with van der Waals surface area (Å²) in [4.78, 5) is 16.5. The molecule has 0 aliphatic carbocycles. The van der Waals surface area contributed by atoms with Crippen molar-refractivity contribution in [2.75, 3.05) is 26.9 Å². The zero-order chi connectivity index (χ0) is 16.9. The summed E-state index contributed by atoms with van der Waals surface area (Å²) >= 11 is 0. The molecule has 0 saturated carbocycles. The lowest BCUT2D eigenvalue weighted by Gasteiger charge is -2.29. The van der Waals surface area contributed by atoms with Gasteiger partial charge in [-0.1, -0.05) is 5.16 Å². The van der Waals surface area contributed by atoms with Crippen molar-refractivity contribution in [2.24, 2.45) is 5.92 Å². The summed E-state index contributed by atoms with van der Waals surface area (Å²) in [5.41, 5.74) is -0.424. The van der Waals surface area contributed by atoms with Gasteiger partial charge < -0.3 is 24.6 Å². The monoisotopic (exact) mass is 326 g/mol. The maximum Gasteiger partial charge on any atom is 0.315 e. The first-order valence-corrected chi connectivity index (χ1v) is 7.89. The minimum atomic E-state index is -0.424. The molecule has 1 aromatic rings. The highest BCUT2D eigenvalue weighted by Crippen LogP contribution is 2.29. The van der Waals surface area contributed by atoms with E-state index in [9.17, 15) is 4.79 Å². The Kier molecular flexibility index (Phi) is 5.95. The highest BCUT2D eigenvalue weighted by atomic mass is 16.5. The van der Waals surface area contributed by atoms with Crippen LogP contribution in [0, 0.1) is 12.8 Å². The zero-order valence-electron chi connectivity index (χ0n) is 14.2. The molecule has 130 valence electrons. The Morgan fingerprint density at radius 1 is 1.43 bits per heavy atom. The number of nitrogens with zero attached hydrogens (tertiary/aromatic N) is 2. The lowest BCUT2D eigenvalue weighted by molar-refractivity contribution is 0.0248. The van der Waals surface area contributed by atoms with E-state index >= 15 is 0 Å². The van der Waals surface area contributed by atoms with E-state index in [1.54, 1.807) is 14.0 Å². The molecule has 2 heterocycles. The number of methoxy groups -OCH3 is 1. The number of carbonyl (C=O) groups excluding carboxylic acids is 1. The van der Waals surface area contributed by atoms with Crippen molar-refractivity contribution in [3.8, 4) is 0 Å². The first-order valence-electron chi connectivity index (χ1n) is 7.89. The molecule has 8 heteroatoms. The summed E-state index contributed by atoms with van der Waals surface area (Å²) in [6.45, 7) is 7.33. The van der Waals surface area contributed by atoms with Crippen LogP contribution >= 0.6 is 0 Å². The third-order valence-corrected chi connectivity index (χ3v) is 4.06. The normalized spacial score (nSPS) is 17.7. The third-order valence-electron chi connectivity index (χ3n) is 4.06. The van der Waals surface area contributed by atoms with Gasteiger partial charge in [-0.3, -0.25) is 0 Å². The Bertz CT molecular complexity index is 511. The average molecular weight is 326 g/mol. The average Bonchev–Trinajstić information content (AvgIpc) is 2.98. The summed E-state index contributed by atoms with van der Waals surface area (Å²) in [6.07, 6.45) is 1.69. The van der Waals surface area contributed by atoms with Crippen molar-refractivity contribution in [1.29, 1.82) is 0 Å². The van der Waals surface area contributed by atoms with E-state index in [1.165, 1.54) is 0 Å². The second kappa shape index (κ2) is 7.74. The predicted octanol–water partition coefficient (Wildman–Crippen LogP) is 1.57. The molecule has 0 bridgehead atoms. The Hall–Kier alpha value is -1.67. The standard InChI is InChI=1S/C15H26N4O4/c1-10-17-13(23-19-10)12(11-5-7-22-8-6-11)18-14(20)16-9-15(2,3)21-4/h11-12H,5-9H2,1-4H3,(H2,16,18,20)/t12-/m0/s1. The van der Waals surface area contributed by atoms with Crippen LogP contribution in [0.5, 0.6) is 0 Å². The van der Waals surface area contributed by atoms with Gasteiger partial charge in [0.05, 0.1) is 5.60 Å². The molecule has 2 N–H and O–H groups in total. The quantitative estimate of drug-likeness (QED) is 0.823. The summed E-state index contributed by atoms with van der Waals surface area (Å²) in [6, 6.07) is -0.590. The van der Waals surface area contributed by atoms with Gasteiger partial charge in [0.25, 0.3) is 0 Å². The van der Waals surface area contributed by atoms with Gasteiger partial charge in [-0.05, 0) is 39.5 Å². The Morgan fingerprint density at radius 3 is 2.70 bits per heavy atom. The topological polar surface area (TPSA) is 98.5 Å². The number of nitrogens with one attached hydrogen (secondary N) is 2. The summed E-state index contributed by atoms with van der Waals surface area (Å²) in [7, 11) is 1.62. The van der Waals surface area contributed by atoms with Gasteiger partial charge in [0.15, 0.2) is 5.82 Å². The Balaban J connectivity index is 2.01. The van der Waals surface area contributed by atoms with E-state index < -0.39 is 5.60 Å². The van der Waals surface area contributed by atoms with E-state index in [4.69, 9.17) is 14.0 Å². The van der Waals surface area contributed by atoms with Crippen LogP contribution in [0.25, 0.3) is 0 Å². The molecule has 0 aromatic carbocycles. The number of hydrogen-bond donors (Lipinski definition) is 2. The van der Waals surface area contributed by atoms with Crippen LogP contribution in [0.1, 0.15) is 44.4 Å². The fourth-order valence-corrected chi connectivity index (χ4v) is 2.43. The minimum Gasteiger partial charge on any atom is -0.381 e. The van der Waals surface area contributed by atoms with Gasteiger partial charge in [0.1, 0.15) is 6.04 Å². The summed E-state index contributed by atoms with van der Waals surface area (Å²) in [5.74, 6) is 1.21. The molecule has 8 nitrogen and oxygen atoms in total. The predicted molar refractivity (Wildman–Crippen MR) is 82.9 cm³/mol. The van der Waals surface area contributed by atoms with E-state index in [2.05, 4.69) is 20.8 Å². The van der Waals surface area contributed by atoms with Crippen molar-refractivity contribution in [3.05, 3.63) is 11.7 Å². The van der Waals surface area contributed by atoms with Gasteiger partial charge >= 0.3 is 6.03 Å². The second-order valence-electron chi connectivity index (χ2n) is 6.40. The second-order valence-corrected chi connectivity index (χ2v) is 6.40. The molecular formula is C15H26N4O4. The first-order chi connectivity index (χ1) is 10.9. The highest BCUT2D eigenvalue weighted by Gasteiger charge is 2.31. The first kappa shape index (κ1) is 17.7. The van der Waals surface area contributed by atoms with Crippen molar-refractivity contribution < 1.29 is 18.8 Å². The lowest BCUT2D eigenvalue weighted by atomic mass is 9.91. The van der Waals surface area contributed by atoms with Gasteiger partial charge in [0.2, 0.25) is 5.89 Å². The largest absolute Gasteiger partial charge is 0.381 e. The van der Waals surface area contributed by atoms with Crippen LogP contribution in [0.15, 0.2) is 4.52 Å². The number of amides is 2. The zero-order valence-corrected chi connectivity index (χ0v) is 14.2. The van der Waals surface area contributed by atoms with E-state index in [0.717, 1.165) is 12.8 Å². The molecule has 0 radical (unpaired) electrons. The van der Waals surface area contributed by atoms with Gasteiger partial charge in [-0.2, -0.15) is 4.98 Å². The minimum absolute atomic E-state index is 0.213. The molecular weight excluding hydrogens is 300 g/mol. The maximum atomic E-state index is 12.2. The smallest absolute Gasteiger partial charge is 0.315 e. The van der Waals surface area contributed by atoms with Crippen molar-refractivity contribution in [1.82, 2.24) is 20.8 Å². The van der Waals surface area contributed by atoms with Crippen LogP contribution in [-0.2, 0) is 9.47 Å². The van der Waals surface area contributed by atoms with Crippen LogP contribution < -0.4 is 10.6 Å². The lowest BCUT2D eigenvalue weighted by Crippen LogP contribution is -2.47. The molecule has 2 rings (SSSR count). The summed E-state index contributed by atoms with van der Waals surface area (Å²) in [5, 5.41) is 9.61. The summed E-state index contributed by atoms with van der Waals surface area (Å²) < 4.78 is 16.0. The number of hydrogen-bond acceptors (Lipinski definition) is 6. The highest BCUT2D eigenvalue weighted by molar-refractivity contribution is 5.74. The number of ether oxygens (including phenoxy) is 2. The molecule has 1 aromatic heterocycles.